The Kier molecular flexibility index (Phi) is 35.7. The van der Waals surface area contributed by atoms with Gasteiger partial charge in [0.15, 0.2) is 11.6 Å². The Morgan fingerprint density at radius 3 is 1.26 bits per heavy atom. The van der Waals surface area contributed by atoms with Crippen molar-refractivity contribution in [2.24, 2.45) is 104 Å². The van der Waals surface area contributed by atoms with Crippen LogP contribution in [0.5, 0.6) is 23.0 Å². The fourth-order valence-electron chi connectivity index (χ4n) is 19.9. The van der Waals surface area contributed by atoms with Crippen molar-refractivity contribution in [1.29, 1.82) is 0 Å². The molecule has 3 heterocycles. The monoisotopic (exact) mass is 1870 g/mol. The third kappa shape index (κ3) is 24.7. The number of ether oxygens (including phenoxy) is 4. The third-order valence-electron chi connectivity index (χ3n) is 26.9. The second-order valence-electron chi connectivity index (χ2n) is 39.4. The molecule has 131 heavy (non-hydrogen) atoms. The highest BCUT2D eigenvalue weighted by atomic mass is 32.2. The van der Waals surface area contributed by atoms with Gasteiger partial charge in [-0.15, -0.1) is 0 Å². The molecule has 12 atom stereocenters. The maximum Gasteiger partial charge on any atom is 0.318 e. The molecule has 33 nitrogen and oxygen atoms in total. The summed E-state index contributed by atoms with van der Waals surface area (Å²) in [6.07, 6.45) is -0.858. The van der Waals surface area contributed by atoms with Crippen molar-refractivity contribution >= 4 is 103 Å². The second-order valence-corrected chi connectivity index (χ2v) is 42.8. The molecular formula is C96H134N6O27S2. The van der Waals surface area contributed by atoms with Crippen molar-refractivity contribution in [3.8, 4) is 23.0 Å². The van der Waals surface area contributed by atoms with E-state index < -0.39 is 273 Å². The minimum absolute atomic E-state index is 0.0361. The molecule has 4 aromatic rings. The number of rotatable bonds is 51. The Morgan fingerprint density at radius 2 is 0.855 bits per heavy atom. The summed E-state index contributed by atoms with van der Waals surface area (Å²) in [5, 5.41) is 62.2. The number of benzene rings is 4. The average molecular weight is 1870 g/mol. The number of aliphatic carboxylic acids is 3. The van der Waals surface area contributed by atoms with E-state index in [1.165, 1.54) is 59.1 Å². The quantitative estimate of drug-likeness (QED) is 0.00652. The first kappa shape index (κ1) is 108. The van der Waals surface area contributed by atoms with E-state index in [-0.39, 0.29) is 85.8 Å². The van der Waals surface area contributed by atoms with Gasteiger partial charge in [0, 0.05) is 62.5 Å². The van der Waals surface area contributed by atoms with Crippen LogP contribution in [0.4, 0.5) is 0 Å². The summed E-state index contributed by atoms with van der Waals surface area (Å²) in [7, 11) is -6.91. The van der Waals surface area contributed by atoms with Crippen molar-refractivity contribution in [3.05, 3.63) is 106 Å². The van der Waals surface area contributed by atoms with Crippen LogP contribution < -0.4 is 29.6 Å². The van der Waals surface area contributed by atoms with E-state index in [2.05, 4.69) is 20.1 Å². The van der Waals surface area contributed by atoms with Crippen molar-refractivity contribution in [1.82, 2.24) is 29.9 Å². The molecule has 6 amide bonds. The van der Waals surface area contributed by atoms with E-state index in [0.717, 1.165) is 52.3 Å². The minimum atomic E-state index is -4.69. The first-order valence-electron chi connectivity index (χ1n) is 44.7. The SMILES string of the molecule is CCCCNC(=O)C(C(CC(C)(C)C(C(=O)OCC)C(CC(C)(C)C1C(=O)OC(=O)C1C)C(=O)O)C(=O)O)C(C)(C)CC1C(=O)N(CCCC)C(=O)C1C(C)(C)CC1C(=O)N(CCCNS(=O)(=O)c2cc(C(=O)c3ccc(C)cc3)c(O)cc2OC)C(=O)C1C(C)(C)CC(C(=O)O)C(C(=O)NCCCNS(=O)(=O)c1cc(C(=O)c2ccc(C)cc2)c(O)cc1OC)C(C)(C)CC. The van der Waals surface area contributed by atoms with Crippen LogP contribution in [-0.4, -0.2) is 195 Å². The predicted molar refractivity (Wildman–Crippen MR) is 482 cm³/mol. The number of carbonyl (C=O) groups excluding carboxylic acids is 11. The van der Waals surface area contributed by atoms with Gasteiger partial charge in [-0.05, 0) is 123 Å². The summed E-state index contributed by atoms with van der Waals surface area (Å²) in [6.45, 7) is 28.8. The lowest BCUT2D eigenvalue weighted by Gasteiger charge is -2.45. The zero-order chi connectivity index (χ0) is 98.7. The number of carbonyl (C=O) groups is 14. The Balaban J connectivity index is 1.29. The van der Waals surface area contributed by atoms with Gasteiger partial charge in [0.2, 0.25) is 55.5 Å². The van der Waals surface area contributed by atoms with Crippen LogP contribution in [0.2, 0.25) is 0 Å². The van der Waals surface area contributed by atoms with Gasteiger partial charge >= 0.3 is 35.8 Å². The molecule has 7 rings (SSSR count). The van der Waals surface area contributed by atoms with E-state index in [9.17, 15) is 80.7 Å². The molecule has 0 aromatic heterocycles. The molecule has 4 aromatic carbocycles. The number of carboxylic acids is 3. The number of sulfonamides is 2. The number of unbranched alkanes of at least 4 members (excludes halogenated alkanes) is 2. The number of hydrogen-bond acceptors (Lipinski definition) is 24. The fourth-order valence-corrected chi connectivity index (χ4v) is 22.4. The summed E-state index contributed by atoms with van der Waals surface area (Å²) in [4.78, 5) is 206. The molecule has 3 aliphatic rings. The minimum Gasteiger partial charge on any atom is -0.507 e. The van der Waals surface area contributed by atoms with Gasteiger partial charge in [0.05, 0.1) is 103 Å². The second kappa shape index (κ2) is 43.4. The summed E-state index contributed by atoms with van der Waals surface area (Å²) >= 11 is 0. The van der Waals surface area contributed by atoms with E-state index in [0.29, 0.717) is 25.7 Å². The number of hydrogen-bond donors (Lipinski definition) is 9. The van der Waals surface area contributed by atoms with Gasteiger partial charge in [0.25, 0.3) is 0 Å². The molecule has 722 valence electrons. The van der Waals surface area contributed by atoms with Gasteiger partial charge in [-0.1, -0.05) is 190 Å². The van der Waals surface area contributed by atoms with Crippen LogP contribution in [0.1, 0.15) is 238 Å². The largest absolute Gasteiger partial charge is 0.507 e. The zero-order valence-corrected chi connectivity index (χ0v) is 80.9. The Morgan fingerprint density at radius 1 is 0.466 bits per heavy atom. The van der Waals surface area contributed by atoms with Crippen molar-refractivity contribution in [3.63, 3.8) is 0 Å². The topological polar surface area (TPSA) is 500 Å². The summed E-state index contributed by atoms with van der Waals surface area (Å²) in [6, 6.07) is 16.6. The number of nitrogens with one attached hydrogen (secondary N) is 4. The molecule has 12 unspecified atom stereocenters. The van der Waals surface area contributed by atoms with Crippen molar-refractivity contribution in [2.45, 2.75) is 218 Å². The number of imide groups is 2. The summed E-state index contributed by atoms with van der Waals surface area (Å²) in [5.74, 6) is -33.5. The van der Waals surface area contributed by atoms with Crippen molar-refractivity contribution < 1.29 is 128 Å². The summed E-state index contributed by atoms with van der Waals surface area (Å²) < 4.78 is 83.1. The Labute approximate surface area is 768 Å². The number of esters is 3. The summed E-state index contributed by atoms with van der Waals surface area (Å²) in [5.41, 5.74) is -7.97. The number of methoxy groups -OCH3 is 2. The van der Waals surface area contributed by atoms with Crippen molar-refractivity contribution in [2.75, 3.05) is 60.1 Å². The highest BCUT2D eigenvalue weighted by Crippen LogP contribution is 2.57. The molecule has 35 heteroatoms. The predicted octanol–water partition coefficient (Wildman–Crippen LogP) is 11.6. The Bertz CT molecular complexity index is 5190. The fraction of sp³-hybridized carbons (Fsp3) is 0.604. The standard InChI is InChI=1S/C96H134N6O27S2/c1-22-26-38-97-80(108)73(63(86(115)116)51-96(18,19)76(89(120)128-25-4)64(87(117)118)52-92(10,11)71-55(7)88(119)129-90(71)121)93(12,13)48-60-74(83(111)101(81(60)109)42-27-23-2)94(14,15)49-61-75(84(112)102(82(61)110)43-29-41-100-131(124,125)70-45-59(66(104)47-68(70)127-21)78(106)57-36-32-54(6)33-37-57)95(16,17)50-62(85(113)114)72(91(8,9)24-3)79(107)98-39-28-40-99-130(122,123)69-44-58(65(103)46-67(69)126-20)77(105)56-34-30-53(5)31-35-56/h30-37,44-47,55,60-64,71-76,99-100,103-104H,22-29,38-43,48-52H2,1-21H3,(H,97,108)(H,98,107)(H,113,114)(H,115,116)(H,117,118). The maximum atomic E-state index is 16.0. The smallest absolute Gasteiger partial charge is 0.318 e. The number of aromatic hydroxyl groups is 2. The van der Waals surface area contributed by atoms with Crippen LogP contribution in [-0.2, 0) is 87.1 Å². The molecule has 9 N–H and O–H groups in total. The number of likely N-dealkylation sites (tertiary alicyclic amines) is 2. The number of phenolic OH excluding ortho intramolecular Hbond substituents is 2. The molecule has 0 bridgehead atoms. The average Bonchev–Trinajstić information content (AvgIpc) is 1.58. The molecule has 0 radical (unpaired) electrons. The number of ketones is 2. The van der Waals surface area contributed by atoms with E-state index in [1.807, 2.05) is 13.8 Å². The van der Waals surface area contributed by atoms with Crippen LogP contribution >= 0.6 is 0 Å². The zero-order valence-electron chi connectivity index (χ0n) is 79.2. The van der Waals surface area contributed by atoms with Crippen LogP contribution in [0, 0.1) is 117 Å². The molecular weight excluding hydrogens is 1730 g/mol. The lowest BCUT2D eigenvalue weighted by molar-refractivity contribution is -0.168. The number of carboxylic acid groups (broad SMARTS) is 3. The van der Waals surface area contributed by atoms with Gasteiger partial charge in [-0.2, -0.15) is 0 Å². The number of phenols is 2. The number of nitrogens with zero attached hydrogens (tertiary/aromatic N) is 2. The van der Waals surface area contributed by atoms with Gasteiger partial charge in [-0.3, -0.25) is 76.9 Å². The molecule has 3 fully saturated rings. The highest BCUT2D eigenvalue weighted by molar-refractivity contribution is 7.90. The van der Waals surface area contributed by atoms with E-state index in [4.69, 9.17) is 18.9 Å². The molecule has 3 saturated heterocycles. The lowest BCUT2D eigenvalue weighted by atomic mass is 9.57. The highest BCUT2D eigenvalue weighted by Gasteiger charge is 2.63. The lowest BCUT2D eigenvalue weighted by Crippen LogP contribution is -2.51. The van der Waals surface area contributed by atoms with Gasteiger partial charge in [-0.25, -0.2) is 26.3 Å². The van der Waals surface area contributed by atoms with Crippen LogP contribution in [0.15, 0.2) is 82.6 Å². The first-order chi connectivity index (χ1) is 60.8. The van der Waals surface area contributed by atoms with Crippen LogP contribution in [0.25, 0.3) is 0 Å². The van der Waals surface area contributed by atoms with Gasteiger partial charge < -0.3 is 55.1 Å². The van der Waals surface area contributed by atoms with Crippen LogP contribution in [0.3, 0.4) is 0 Å². The molecule has 3 aliphatic heterocycles. The number of amides is 6. The maximum absolute atomic E-state index is 16.0. The van der Waals surface area contributed by atoms with E-state index >= 15 is 28.8 Å². The Hall–Kier alpha value is -10.5. The normalized spacial score (nSPS) is 19.2. The molecule has 0 saturated carbocycles. The third-order valence-corrected chi connectivity index (χ3v) is 29.9. The van der Waals surface area contributed by atoms with E-state index in [1.54, 1.807) is 114 Å². The molecule has 0 aliphatic carbocycles. The first-order valence-corrected chi connectivity index (χ1v) is 47.7. The number of cyclic esters (lactones) is 2. The van der Waals surface area contributed by atoms with Gasteiger partial charge in [0.1, 0.15) is 32.8 Å². The molecule has 0 spiro atoms. The number of aryl methyl sites for hydroxylation is 2.